The fourth-order valence-electron chi connectivity index (χ4n) is 4.58. The van der Waals surface area contributed by atoms with Crippen molar-refractivity contribution < 1.29 is 4.79 Å². The molecule has 0 saturated heterocycles. The van der Waals surface area contributed by atoms with Gasteiger partial charge in [-0.15, -0.1) is 11.3 Å². The molecule has 1 N–H and O–H groups in total. The second-order valence-electron chi connectivity index (χ2n) is 7.80. The van der Waals surface area contributed by atoms with Crippen molar-refractivity contribution in [2.24, 2.45) is 0 Å². The largest absolute Gasteiger partial charge is 0.345 e. The number of fused-ring (bicyclic) bond motifs is 3. The van der Waals surface area contributed by atoms with E-state index in [1.165, 1.54) is 22.5 Å². The maximum Gasteiger partial charge on any atom is 0.262 e. The molecule has 3 aromatic rings. The fraction of sp³-hybridized carbons (Fsp3) is 0.409. The van der Waals surface area contributed by atoms with Gasteiger partial charge in [-0.25, -0.2) is 4.98 Å². The van der Waals surface area contributed by atoms with Crippen molar-refractivity contribution in [2.75, 3.05) is 0 Å². The molecule has 144 valence electrons. The smallest absolute Gasteiger partial charge is 0.262 e. The van der Waals surface area contributed by atoms with Crippen molar-refractivity contribution in [3.63, 3.8) is 0 Å². The van der Waals surface area contributed by atoms with E-state index in [2.05, 4.69) is 23.5 Å². The summed E-state index contributed by atoms with van der Waals surface area (Å²) >= 11 is 1.35. The average Bonchev–Trinajstić information content (AvgIpc) is 3.05. The van der Waals surface area contributed by atoms with Gasteiger partial charge >= 0.3 is 0 Å². The van der Waals surface area contributed by atoms with Gasteiger partial charge in [-0.2, -0.15) is 0 Å². The number of carbonyl (C=O) groups excluding carboxylic acids is 1. The predicted molar refractivity (Wildman–Crippen MR) is 111 cm³/mol. The third kappa shape index (κ3) is 2.78. The van der Waals surface area contributed by atoms with Gasteiger partial charge < -0.3 is 5.32 Å². The molecular weight excluding hydrogens is 370 g/mol. The Balaban J connectivity index is 1.52. The number of hydrogen-bond donors (Lipinski definition) is 1. The molecule has 2 aliphatic rings. The molecular formula is C22H23N3O2S. The summed E-state index contributed by atoms with van der Waals surface area (Å²) in [5, 5.41) is 3.83. The molecule has 0 spiro atoms. The minimum atomic E-state index is -0.0930. The Morgan fingerprint density at radius 1 is 1.21 bits per heavy atom. The number of nitrogens with one attached hydrogen (secondary N) is 1. The second-order valence-corrected chi connectivity index (χ2v) is 8.79. The van der Waals surface area contributed by atoms with Gasteiger partial charge in [0, 0.05) is 13.0 Å². The van der Waals surface area contributed by atoms with Crippen molar-refractivity contribution >= 4 is 27.5 Å². The monoisotopic (exact) mass is 393 g/mol. The summed E-state index contributed by atoms with van der Waals surface area (Å²) < 4.78 is 1.80. The zero-order chi connectivity index (χ0) is 19.3. The van der Waals surface area contributed by atoms with Crippen LogP contribution in [0.2, 0.25) is 0 Å². The Bertz CT molecular complexity index is 1140. The van der Waals surface area contributed by atoms with Crippen LogP contribution in [-0.2, 0) is 19.4 Å². The van der Waals surface area contributed by atoms with Crippen LogP contribution < -0.4 is 10.9 Å². The third-order valence-electron chi connectivity index (χ3n) is 6.04. The van der Waals surface area contributed by atoms with Crippen LogP contribution in [0, 0.1) is 6.92 Å². The lowest BCUT2D eigenvalue weighted by Crippen LogP contribution is -2.31. The van der Waals surface area contributed by atoms with Crippen molar-refractivity contribution in [1.29, 1.82) is 0 Å². The van der Waals surface area contributed by atoms with E-state index in [9.17, 15) is 9.59 Å². The van der Waals surface area contributed by atoms with Gasteiger partial charge in [0.25, 0.3) is 11.5 Å². The molecule has 1 aromatic carbocycles. The van der Waals surface area contributed by atoms with Gasteiger partial charge in [0.1, 0.15) is 10.7 Å². The number of nitrogens with zero attached hydrogens (tertiary/aromatic N) is 2. The second kappa shape index (κ2) is 6.85. The van der Waals surface area contributed by atoms with E-state index in [1.807, 2.05) is 13.0 Å². The van der Waals surface area contributed by atoms with E-state index in [4.69, 9.17) is 4.98 Å². The van der Waals surface area contributed by atoms with E-state index >= 15 is 0 Å². The SMILES string of the molecule is Cc1c(C(=O)NC2CCCc3ccccc32)sc2nc3n(c(=O)c12)CCCC3. The zero-order valence-corrected chi connectivity index (χ0v) is 16.8. The molecule has 1 aliphatic carbocycles. The van der Waals surface area contributed by atoms with Gasteiger partial charge in [-0.3, -0.25) is 14.2 Å². The molecule has 1 amide bonds. The lowest BCUT2D eigenvalue weighted by molar-refractivity contribution is 0.0936. The van der Waals surface area contributed by atoms with Gasteiger partial charge in [0.05, 0.1) is 16.3 Å². The van der Waals surface area contributed by atoms with Gasteiger partial charge in [-0.1, -0.05) is 24.3 Å². The van der Waals surface area contributed by atoms with Gasteiger partial charge in [0.15, 0.2) is 0 Å². The third-order valence-corrected chi connectivity index (χ3v) is 7.23. The highest BCUT2D eigenvalue weighted by atomic mass is 32.1. The number of aryl methyl sites for hydroxylation is 3. The number of aromatic nitrogens is 2. The summed E-state index contributed by atoms with van der Waals surface area (Å²) in [6, 6.07) is 8.38. The zero-order valence-electron chi connectivity index (χ0n) is 16.0. The fourth-order valence-corrected chi connectivity index (χ4v) is 5.67. The van der Waals surface area contributed by atoms with Crippen LogP contribution >= 0.6 is 11.3 Å². The van der Waals surface area contributed by atoms with E-state index in [0.717, 1.165) is 56.5 Å². The lowest BCUT2D eigenvalue weighted by atomic mass is 9.87. The molecule has 0 fully saturated rings. The minimum absolute atomic E-state index is 0.00973. The highest BCUT2D eigenvalue weighted by Crippen LogP contribution is 2.32. The molecule has 6 heteroatoms. The lowest BCUT2D eigenvalue weighted by Gasteiger charge is -2.26. The van der Waals surface area contributed by atoms with E-state index in [1.54, 1.807) is 4.57 Å². The Labute approximate surface area is 167 Å². The molecule has 2 aromatic heterocycles. The maximum absolute atomic E-state index is 13.1. The summed E-state index contributed by atoms with van der Waals surface area (Å²) in [6.45, 7) is 2.61. The number of amides is 1. The number of thiophene rings is 1. The summed E-state index contributed by atoms with van der Waals surface area (Å²) in [4.78, 5) is 32.1. The number of hydrogen-bond acceptors (Lipinski definition) is 4. The van der Waals surface area contributed by atoms with Crippen LogP contribution in [-0.4, -0.2) is 15.5 Å². The molecule has 3 heterocycles. The van der Waals surface area contributed by atoms with Gasteiger partial charge in [0.2, 0.25) is 0 Å². The first kappa shape index (κ1) is 17.6. The normalized spacial score (nSPS) is 18.5. The molecule has 0 radical (unpaired) electrons. The first-order valence-corrected chi connectivity index (χ1v) is 10.9. The average molecular weight is 394 g/mol. The molecule has 1 unspecified atom stereocenters. The molecule has 28 heavy (non-hydrogen) atoms. The van der Waals surface area contributed by atoms with E-state index in [0.29, 0.717) is 15.1 Å². The summed E-state index contributed by atoms with van der Waals surface area (Å²) in [7, 11) is 0. The van der Waals surface area contributed by atoms with Crippen LogP contribution in [0.25, 0.3) is 10.2 Å². The number of benzene rings is 1. The Kier molecular flexibility index (Phi) is 4.31. The van der Waals surface area contributed by atoms with Gasteiger partial charge in [-0.05, 0) is 55.7 Å². The highest BCUT2D eigenvalue weighted by Gasteiger charge is 2.26. The van der Waals surface area contributed by atoms with E-state index < -0.39 is 0 Å². The van der Waals surface area contributed by atoms with Crippen molar-refractivity contribution in [3.8, 4) is 0 Å². The minimum Gasteiger partial charge on any atom is -0.345 e. The quantitative estimate of drug-likeness (QED) is 0.718. The topological polar surface area (TPSA) is 64.0 Å². The molecule has 5 nitrogen and oxygen atoms in total. The molecule has 1 atom stereocenters. The van der Waals surface area contributed by atoms with Crippen molar-refractivity contribution in [3.05, 3.63) is 62.0 Å². The van der Waals surface area contributed by atoms with Crippen LogP contribution in [0.15, 0.2) is 29.1 Å². The Morgan fingerprint density at radius 3 is 2.96 bits per heavy atom. The number of carbonyl (C=O) groups is 1. The molecule has 1 aliphatic heterocycles. The predicted octanol–water partition coefficient (Wildman–Crippen LogP) is 3.91. The van der Waals surface area contributed by atoms with Crippen LogP contribution in [0.3, 0.4) is 0 Å². The van der Waals surface area contributed by atoms with E-state index in [-0.39, 0.29) is 17.5 Å². The van der Waals surface area contributed by atoms with Crippen LogP contribution in [0.4, 0.5) is 0 Å². The molecule has 5 rings (SSSR count). The highest BCUT2D eigenvalue weighted by molar-refractivity contribution is 7.20. The molecule has 0 saturated carbocycles. The maximum atomic E-state index is 13.1. The number of rotatable bonds is 2. The first-order chi connectivity index (χ1) is 13.6. The molecule has 0 bridgehead atoms. The van der Waals surface area contributed by atoms with Crippen LogP contribution in [0.1, 0.15) is 63.9 Å². The van der Waals surface area contributed by atoms with Crippen molar-refractivity contribution in [1.82, 2.24) is 14.9 Å². The Hall–Kier alpha value is -2.47. The van der Waals surface area contributed by atoms with Crippen LogP contribution in [0.5, 0.6) is 0 Å². The Morgan fingerprint density at radius 2 is 2.07 bits per heavy atom. The van der Waals surface area contributed by atoms with Crippen molar-refractivity contribution in [2.45, 2.75) is 58.0 Å². The summed E-state index contributed by atoms with van der Waals surface area (Å²) in [5.74, 6) is 0.766. The summed E-state index contributed by atoms with van der Waals surface area (Å²) in [5.41, 5.74) is 3.31. The standard InChI is InChI=1S/C22H23N3O2S/c1-13-18-21(24-17-11-4-5-12-25(17)22(18)27)28-19(13)20(26)23-16-10-6-8-14-7-2-3-9-15(14)16/h2-3,7,9,16H,4-6,8,10-12H2,1H3,(H,23,26). The first-order valence-electron chi connectivity index (χ1n) is 10.0. The summed E-state index contributed by atoms with van der Waals surface area (Å²) in [6.07, 6.45) is 6.00.